The first-order valence-electron chi connectivity index (χ1n) is 18.8. The van der Waals surface area contributed by atoms with Gasteiger partial charge in [-0.1, -0.05) is 35.4 Å². The topological polar surface area (TPSA) is 172 Å². The summed E-state index contributed by atoms with van der Waals surface area (Å²) in [5.74, 6) is -5.68. The molecule has 5 aromatic rings. The van der Waals surface area contributed by atoms with Gasteiger partial charge < -0.3 is 24.6 Å². The molecule has 58 heavy (non-hydrogen) atoms. The first kappa shape index (κ1) is 38.1. The molecule has 0 radical (unpaired) electrons. The molecule has 3 N–H and O–H groups in total. The second-order valence-corrected chi connectivity index (χ2v) is 17.1. The third kappa shape index (κ3) is 5.33. The van der Waals surface area contributed by atoms with Crippen molar-refractivity contribution in [1.82, 2.24) is 9.78 Å². The van der Waals surface area contributed by atoms with E-state index in [2.05, 4.69) is 0 Å². The molecule has 13 nitrogen and oxygen atoms in total. The lowest BCUT2D eigenvalue weighted by Crippen LogP contribution is -2.49. The minimum atomic E-state index is -1.82. The summed E-state index contributed by atoms with van der Waals surface area (Å²) in [7, 11) is 2.75. The molecule has 2 saturated heterocycles. The predicted molar refractivity (Wildman–Crippen MR) is 218 cm³/mol. The molecule has 3 aromatic carbocycles. The fourth-order valence-electron chi connectivity index (χ4n) is 10.0. The minimum Gasteiger partial charge on any atom is -0.507 e. The van der Waals surface area contributed by atoms with Gasteiger partial charge >= 0.3 is 7.12 Å². The number of rotatable bonds is 7. The van der Waals surface area contributed by atoms with Crippen LogP contribution in [0.1, 0.15) is 36.8 Å². The van der Waals surface area contributed by atoms with Gasteiger partial charge in [-0.05, 0) is 79.4 Å². The molecule has 296 valence electrons. The number of phenolic OH excluding ortho intramolecular Hbond substituents is 1. The predicted octanol–water partition coefficient (Wildman–Crippen LogP) is 5.10. The van der Waals surface area contributed by atoms with Crippen molar-refractivity contribution in [1.29, 1.82) is 0 Å². The summed E-state index contributed by atoms with van der Waals surface area (Å²) in [6.45, 7) is 3.71. The Morgan fingerprint density at radius 2 is 1.72 bits per heavy atom. The van der Waals surface area contributed by atoms with Gasteiger partial charge in [0.2, 0.25) is 23.6 Å². The Kier molecular flexibility index (Phi) is 8.89. The number of aromatic nitrogens is 2. The number of fused-ring (bicyclic) bond motifs is 5. The second-order valence-electron chi connectivity index (χ2n) is 15.6. The zero-order chi connectivity index (χ0) is 41.1. The summed E-state index contributed by atoms with van der Waals surface area (Å²) in [5, 5.41) is 37.9. The lowest BCUT2D eigenvalue weighted by molar-refractivity contribution is -0.131. The second kappa shape index (κ2) is 13.5. The van der Waals surface area contributed by atoms with E-state index in [1.165, 1.54) is 59.4 Å². The van der Waals surface area contributed by atoms with Gasteiger partial charge in [-0.3, -0.25) is 28.8 Å². The molecule has 1 saturated carbocycles. The highest BCUT2D eigenvalue weighted by Crippen LogP contribution is 2.66. The SMILES string of the molecule is COc1cc(O)c(C2C3=CCC4C(=O)N(c5cccc(B(O)O)c5)C(=O)C4C3CC3C(=O)N(c4cc(-c5sc6ccc(Cl)cc6c5C)nn4C)C(=O)C32C)c(OC)c1. The summed E-state index contributed by atoms with van der Waals surface area (Å²) < 4.78 is 13.8. The number of anilines is 2. The summed E-state index contributed by atoms with van der Waals surface area (Å²) in [6, 6.07) is 16.4. The van der Waals surface area contributed by atoms with Crippen LogP contribution in [0.3, 0.4) is 0 Å². The monoisotopic (exact) mass is 820 g/mol. The molecule has 2 aliphatic heterocycles. The van der Waals surface area contributed by atoms with E-state index in [0.29, 0.717) is 22.0 Å². The lowest BCUT2D eigenvalue weighted by atomic mass is 9.51. The van der Waals surface area contributed by atoms with E-state index in [9.17, 15) is 24.7 Å². The molecule has 2 aliphatic carbocycles. The standard InChI is InChI=1S/C42H38BClN4O9S/c1-19-26-14-21(44)9-12-32(26)58-37(19)29-18-33(46(3)45-29)48-39(51)28-17-27-24(36(42(28,2)41(48)53)35-30(49)15-23(56-4)16-31(35)57-5)10-11-25-34(27)40(52)47(38(25)50)22-8-6-7-20(13-22)43(54)55/h6-10,12-16,18,25,27-28,34,36,49,54-55H,11,17H2,1-5H3. The number of carbonyl (C=O) groups excluding carboxylic acids is 4. The van der Waals surface area contributed by atoms with Crippen molar-refractivity contribution in [2.75, 3.05) is 24.0 Å². The van der Waals surface area contributed by atoms with E-state index in [-0.39, 0.29) is 46.9 Å². The van der Waals surface area contributed by atoms with Crippen molar-refractivity contribution >= 4 is 80.7 Å². The molecule has 9 rings (SSSR count). The van der Waals surface area contributed by atoms with Crippen LogP contribution in [0.5, 0.6) is 17.2 Å². The van der Waals surface area contributed by atoms with Gasteiger partial charge in [-0.15, -0.1) is 11.3 Å². The molecular formula is C42H38BClN4O9S. The van der Waals surface area contributed by atoms with Crippen LogP contribution in [-0.2, 0) is 26.2 Å². The third-order valence-electron chi connectivity index (χ3n) is 12.8. The Morgan fingerprint density at radius 1 is 0.948 bits per heavy atom. The number of allylic oxidation sites excluding steroid dienone is 2. The van der Waals surface area contributed by atoms with Crippen molar-refractivity contribution < 1.29 is 43.8 Å². The van der Waals surface area contributed by atoms with E-state index in [0.717, 1.165) is 25.4 Å². The van der Waals surface area contributed by atoms with Gasteiger partial charge in [0.25, 0.3) is 0 Å². The number of carbonyl (C=O) groups is 4. The maximum Gasteiger partial charge on any atom is 0.488 e. The Morgan fingerprint density at radius 3 is 2.45 bits per heavy atom. The Labute approximate surface area is 342 Å². The van der Waals surface area contributed by atoms with Gasteiger partial charge in [-0.25, -0.2) is 4.90 Å². The number of hydrogen-bond donors (Lipinski definition) is 3. The molecular weight excluding hydrogens is 783 g/mol. The maximum absolute atomic E-state index is 15.3. The van der Waals surface area contributed by atoms with Gasteiger partial charge in [0, 0.05) is 46.5 Å². The van der Waals surface area contributed by atoms with Crippen molar-refractivity contribution in [3.63, 3.8) is 0 Å². The number of hydrogen-bond acceptors (Lipinski definition) is 11. The lowest BCUT2D eigenvalue weighted by Gasteiger charge is -2.49. The maximum atomic E-state index is 15.3. The summed E-state index contributed by atoms with van der Waals surface area (Å²) in [5.41, 5.74) is 1.27. The van der Waals surface area contributed by atoms with Crippen molar-refractivity contribution in [3.8, 4) is 27.8 Å². The first-order chi connectivity index (χ1) is 27.7. The van der Waals surface area contributed by atoms with Crippen LogP contribution in [0, 0.1) is 36.0 Å². The third-order valence-corrected chi connectivity index (χ3v) is 14.3. The number of phenols is 1. The molecule has 6 unspecified atom stereocenters. The van der Waals surface area contributed by atoms with Crippen LogP contribution >= 0.6 is 22.9 Å². The molecule has 4 heterocycles. The van der Waals surface area contributed by atoms with Gasteiger partial charge in [0.05, 0.1) is 48.0 Å². The highest BCUT2D eigenvalue weighted by Gasteiger charge is 2.68. The quantitative estimate of drug-likeness (QED) is 0.114. The number of aryl methyl sites for hydroxylation is 2. The van der Waals surface area contributed by atoms with E-state index in [1.807, 2.05) is 31.2 Å². The number of imide groups is 2. The molecule has 2 aromatic heterocycles. The van der Waals surface area contributed by atoms with Crippen LogP contribution in [-0.4, -0.2) is 69.9 Å². The number of ether oxygens (including phenoxy) is 2. The number of benzene rings is 3. The number of methoxy groups -OCH3 is 2. The largest absolute Gasteiger partial charge is 0.507 e. The highest BCUT2D eigenvalue weighted by molar-refractivity contribution is 7.22. The molecule has 4 amide bonds. The number of aromatic hydroxyl groups is 1. The molecule has 3 fully saturated rings. The van der Waals surface area contributed by atoms with Gasteiger partial charge in [0.15, 0.2) is 0 Å². The fraction of sp³-hybridized carbons (Fsp3) is 0.310. The number of amides is 4. The normalized spacial score (nSPS) is 25.2. The molecule has 16 heteroatoms. The Balaban J connectivity index is 1.18. The van der Waals surface area contributed by atoms with Crippen molar-refractivity contribution in [2.45, 2.75) is 32.6 Å². The Hall–Kier alpha value is -5.48. The van der Waals surface area contributed by atoms with Crippen LogP contribution in [0.25, 0.3) is 20.7 Å². The zero-order valence-electron chi connectivity index (χ0n) is 32.1. The summed E-state index contributed by atoms with van der Waals surface area (Å²) in [6.07, 6.45) is 2.11. The first-order valence-corrected chi connectivity index (χ1v) is 20.0. The number of nitrogens with zero attached hydrogens (tertiary/aromatic N) is 4. The molecule has 4 aliphatic rings. The van der Waals surface area contributed by atoms with Crippen molar-refractivity contribution in [3.05, 3.63) is 88.5 Å². The van der Waals surface area contributed by atoms with Gasteiger partial charge in [0.1, 0.15) is 28.8 Å². The van der Waals surface area contributed by atoms with Crippen LogP contribution in [0.4, 0.5) is 11.5 Å². The van der Waals surface area contributed by atoms with E-state index < -0.39 is 65.8 Å². The van der Waals surface area contributed by atoms with E-state index >= 15 is 9.59 Å². The number of thiophene rings is 1. The van der Waals surface area contributed by atoms with Gasteiger partial charge in [-0.2, -0.15) is 5.10 Å². The zero-order valence-corrected chi connectivity index (χ0v) is 33.7. The minimum absolute atomic E-state index is 0.0729. The van der Waals surface area contributed by atoms with E-state index in [1.54, 1.807) is 32.2 Å². The fourth-order valence-corrected chi connectivity index (χ4v) is 11.3. The summed E-state index contributed by atoms with van der Waals surface area (Å²) in [4.78, 5) is 62.1. The molecule has 0 bridgehead atoms. The summed E-state index contributed by atoms with van der Waals surface area (Å²) >= 11 is 7.85. The Bertz CT molecular complexity index is 2660. The van der Waals surface area contributed by atoms with E-state index in [4.69, 9.17) is 26.2 Å². The smallest absolute Gasteiger partial charge is 0.488 e. The number of halogens is 1. The molecule has 0 spiro atoms. The average Bonchev–Trinajstić information content (AvgIpc) is 3.87. The van der Waals surface area contributed by atoms with Crippen LogP contribution < -0.4 is 24.7 Å². The highest BCUT2D eigenvalue weighted by atomic mass is 35.5. The average molecular weight is 821 g/mol. The van der Waals surface area contributed by atoms with Crippen LogP contribution in [0.15, 0.2) is 72.3 Å². The van der Waals surface area contributed by atoms with Crippen molar-refractivity contribution in [2.24, 2.45) is 36.1 Å². The molecule has 6 atom stereocenters. The van der Waals surface area contributed by atoms with Crippen LogP contribution in [0.2, 0.25) is 5.02 Å².